The first-order chi connectivity index (χ1) is 3.35. The van der Waals surface area contributed by atoms with Gasteiger partial charge in [0.05, 0.1) is 0 Å². The topological polar surface area (TPSA) is 0 Å². The van der Waals surface area contributed by atoms with Gasteiger partial charge in [-0.1, -0.05) is 6.08 Å². The molecule has 0 heterocycles. The van der Waals surface area contributed by atoms with Gasteiger partial charge in [-0.15, -0.1) is 23.5 Å². The van der Waals surface area contributed by atoms with Gasteiger partial charge in [0.25, 0.3) is 0 Å². The minimum Gasteiger partial charge on any atom is -0.123 e. The van der Waals surface area contributed by atoms with Crippen LogP contribution in [0, 0.1) is 0 Å². The Labute approximate surface area is 53.8 Å². The van der Waals surface area contributed by atoms with Crippen molar-refractivity contribution in [3.63, 3.8) is 0 Å². The third kappa shape index (κ3) is 3.06. The summed E-state index contributed by atoms with van der Waals surface area (Å²) < 4.78 is 1.39. The second-order valence-electron chi connectivity index (χ2n) is 1.02. The third-order valence-corrected chi connectivity index (χ3v) is 2.91. The summed E-state index contributed by atoms with van der Waals surface area (Å²) in [5.74, 6) is 0. The maximum atomic E-state index is 2.12. The fourth-order valence-corrected chi connectivity index (χ4v) is 1.46. The molecule has 0 saturated carbocycles. The lowest BCUT2D eigenvalue weighted by Gasteiger charge is -1.92. The van der Waals surface area contributed by atoms with E-state index in [1.807, 2.05) is 0 Å². The van der Waals surface area contributed by atoms with Crippen LogP contribution in [0.15, 0.2) is 10.3 Å². The highest BCUT2D eigenvalue weighted by Crippen LogP contribution is 2.21. The van der Waals surface area contributed by atoms with Gasteiger partial charge in [0.15, 0.2) is 0 Å². The maximum Gasteiger partial charge on any atom is 0.0352 e. The Morgan fingerprint density at radius 2 is 1.71 bits per heavy atom. The highest BCUT2D eigenvalue weighted by Gasteiger charge is 1.83. The predicted octanol–water partition coefficient (Wildman–Crippen LogP) is 2.57. The zero-order chi connectivity index (χ0) is 5.70. The SMILES string of the molecule is CC=C(SC)SC. The highest BCUT2D eigenvalue weighted by molar-refractivity contribution is 8.21. The monoisotopic (exact) mass is 134 g/mol. The largest absolute Gasteiger partial charge is 0.123 e. The number of thioether (sulfide) groups is 2. The Balaban J connectivity index is 3.38. The van der Waals surface area contributed by atoms with E-state index in [9.17, 15) is 0 Å². The van der Waals surface area contributed by atoms with Gasteiger partial charge in [0.1, 0.15) is 0 Å². The van der Waals surface area contributed by atoms with E-state index in [0.717, 1.165) is 0 Å². The molecule has 2 heteroatoms. The lowest BCUT2D eigenvalue weighted by molar-refractivity contribution is 1.77. The van der Waals surface area contributed by atoms with E-state index in [1.54, 1.807) is 23.5 Å². The molecule has 0 N–H and O–H groups in total. The lowest BCUT2D eigenvalue weighted by atomic mass is 10.8. The average Bonchev–Trinajstić information content (AvgIpc) is 1.72. The Hall–Kier alpha value is 0.440. The Bertz CT molecular complexity index is 60.5. The van der Waals surface area contributed by atoms with Crippen LogP contribution >= 0.6 is 23.5 Å². The molecule has 7 heavy (non-hydrogen) atoms. The van der Waals surface area contributed by atoms with Gasteiger partial charge in [-0.25, -0.2) is 0 Å². The zero-order valence-corrected chi connectivity index (χ0v) is 6.53. The molecule has 0 aromatic carbocycles. The number of hydrogen-bond acceptors (Lipinski definition) is 2. The van der Waals surface area contributed by atoms with Crippen molar-refractivity contribution in [2.75, 3.05) is 12.5 Å². The summed E-state index contributed by atoms with van der Waals surface area (Å²) in [7, 11) is 0. The lowest BCUT2D eigenvalue weighted by Crippen LogP contribution is -1.59. The summed E-state index contributed by atoms with van der Waals surface area (Å²) in [6.07, 6.45) is 6.30. The van der Waals surface area contributed by atoms with E-state index in [2.05, 4.69) is 25.5 Å². The van der Waals surface area contributed by atoms with Crippen LogP contribution < -0.4 is 0 Å². The summed E-state index contributed by atoms with van der Waals surface area (Å²) in [6.45, 7) is 2.06. The molecule has 0 atom stereocenters. The Kier molecular flexibility index (Phi) is 4.88. The van der Waals surface area contributed by atoms with Gasteiger partial charge in [-0.2, -0.15) is 0 Å². The van der Waals surface area contributed by atoms with E-state index >= 15 is 0 Å². The molecular formula is C5H10S2. The summed E-state index contributed by atoms with van der Waals surface area (Å²) in [5.41, 5.74) is 0. The molecule has 0 radical (unpaired) electrons. The second-order valence-corrected chi connectivity index (χ2v) is 2.97. The quantitative estimate of drug-likeness (QED) is 0.569. The minimum atomic E-state index is 1.39. The van der Waals surface area contributed by atoms with Crippen LogP contribution in [0.3, 0.4) is 0 Å². The summed E-state index contributed by atoms with van der Waals surface area (Å²) in [4.78, 5) is 0. The smallest absolute Gasteiger partial charge is 0.0352 e. The van der Waals surface area contributed by atoms with Gasteiger partial charge < -0.3 is 0 Å². The molecular weight excluding hydrogens is 124 g/mol. The van der Waals surface area contributed by atoms with E-state index < -0.39 is 0 Å². The van der Waals surface area contributed by atoms with E-state index in [-0.39, 0.29) is 0 Å². The van der Waals surface area contributed by atoms with Gasteiger partial charge in [0.2, 0.25) is 0 Å². The molecule has 0 unspecified atom stereocenters. The van der Waals surface area contributed by atoms with Crippen LogP contribution in [0.5, 0.6) is 0 Å². The van der Waals surface area contributed by atoms with Crippen LogP contribution in [0.25, 0.3) is 0 Å². The first-order valence-electron chi connectivity index (χ1n) is 2.09. The van der Waals surface area contributed by atoms with Crippen molar-refractivity contribution >= 4 is 23.5 Å². The molecule has 42 valence electrons. The standard InChI is InChI=1S/C5H10S2/c1-4-5(6-2)7-3/h4H,1-3H3. The van der Waals surface area contributed by atoms with Crippen molar-refractivity contribution in [3.8, 4) is 0 Å². The van der Waals surface area contributed by atoms with Crippen LogP contribution in [-0.2, 0) is 0 Å². The molecule has 0 amide bonds. The van der Waals surface area contributed by atoms with Crippen molar-refractivity contribution in [1.82, 2.24) is 0 Å². The van der Waals surface area contributed by atoms with E-state index in [1.165, 1.54) is 4.24 Å². The number of hydrogen-bond donors (Lipinski definition) is 0. The van der Waals surface area contributed by atoms with Crippen molar-refractivity contribution in [2.24, 2.45) is 0 Å². The Morgan fingerprint density at radius 1 is 1.29 bits per heavy atom. The molecule has 0 saturated heterocycles. The van der Waals surface area contributed by atoms with Crippen LogP contribution in [-0.4, -0.2) is 12.5 Å². The van der Waals surface area contributed by atoms with Crippen LogP contribution in [0.4, 0.5) is 0 Å². The molecule has 0 rings (SSSR count). The fraction of sp³-hybridized carbons (Fsp3) is 0.600. The molecule has 0 aliphatic heterocycles. The van der Waals surface area contributed by atoms with Gasteiger partial charge >= 0.3 is 0 Å². The van der Waals surface area contributed by atoms with E-state index in [0.29, 0.717) is 0 Å². The second kappa shape index (κ2) is 4.60. The normalized spacial score (nSPS) is 8.43. The number of allylic oxidation sites excluding steroid dienone is 1. The van der Waals surface area contributed by atoms with Crippen molar-refractivity contribution < 1.29 is 0 Å². The fourth-order valence-electron chi connectivity index (χ4n) is 0.319. The maximum absolute atomic E-state index is 2.12. The number of rotatable bonds is 2. The van der Waals surface area contributed by atoms with E-state index in [4.69, 9.17) is 0 Å². The van der Waals surface area contributed by atoms with Crippen molar-refractivity contribution in [2.45, 2.75) is 6.92 Å². The van der Waals surface area contributed by atoms with Crippen molar-refractivity contribution in [3.05, 3.63) is 10.3 Å². The summed E-state index contributed by atoms with van der Waals surface area (Å²) in [6, 6.07) is 0. The molecule has 0 nitrogen and oxygen atoms in total. The molecule has 0 bridgehead atoms. The first-order valence-corrected chi connectivity index (χ1v) is 4.54. The minimum absolute atomic E-state index is 1.39. The predicted molar refractivity (Wildman–Crippen MR) is 40.8 cm³/mol. The zero-order valence-electron chi connectivity index (χ0n) is 4.89. The third-order valence-electron chi connectivity index (χ3n) is 0.638. The first kappa shape index (κ1) is 7.44. The Morgan fingerprint density at radius 3 is 1.71 bits per heavy atom. The van der Waals surface area contributed by atoms with Crippen LogP contribution in [0.2, 0.25) is 0 Å². The van der Waals surface area contributed by atoms with Crippen LogP contribution in [0.1, 0.15) is 6.92 Å². The molecule has 0 aromatic rings. The average molecular weight is 134 g/mol. The van der Waals surface area contributed by atoms with Crippen molar-refractivity contribution in [1.29, 1.82) is 0 Å². The van der Waals surface area contributed by atoms with Gasteiger partial charge in [0, 0.05) is 4.24 Å². The highest BCUT2D eigenvalue weighted by atomic mass is 32.2. The summed E-state index contributed by atoms with van der Waals surface area (Å²) >= 11 is 3.59. The molecule has 0 spiro atoms. The summed E-state index contributed by atoms with van der Waals surface area (Å²) in [5, 5.41) is 0. The van der Waals surface area contributed by atoms with Gasteiger partial charge in [-0.3, -0.25) is 0 Å². The molecule has 0 aromatic heterocycles. The molecule has 0 fully saturated rings. The molecule has 0 aliphatic carbocycles. The molecule has 0 aliphatic rings. The van der Waals surface area contributed by atoms with Gasteiger partial charge in [-0.05, 0) is 19.4 Å².